The zero-order valence-corrected chi connectivity index (χ0v) is 10.8. The fourth-order valence-corrected chi connectivity index (χ4v) is 1.69. The molecule has 1 N–H and O–H groups in total. The van der Waals surface area contributed by atoms with Gasteiger partial charge in [0.05, 0.1) is 0 Å². The second kappa shape index (κ2) is 6.48. The zero-order chi connectivity index (χ0) is 15.2. The highest BCUT2D eigenvalue weighted by Crippen LogP contribution is 2.19. The molecule has 0 aliphatic carbocycles. The summed E-state index contributed by atoms with van der Waals surface area (Å²) in [5, 5.41) is 10.8. The van der Waals surface area contributed by atoms with E-state index in [4.69, 9.17) is 10.00 Å². The van der Waals surface area contributed by atoms with E-state index < -0.39 is 23.1 Å². The molecule has 0 unspecified atom stereocenters. The smallest absolute Gasteiger partial charge is 0.261 e. The Hall–Kier alpha value is -2.94. The van der Waals surface area contributed by atoms with Crippen LogP contribution in [0, 0.1) is 23.0 Å². The molecule has 2 aromatic rings. The van der Waals surface area contributed by atoms with Gasteiger partial charge in [-0.3, -0.25) is 4.79 Å². The predicted molar refractivity (Wildman–Crippen MR) is 71.9 cm³/mol. The Morgan fingerprint density at radius 2 is 1.86 bits per heavy atom. The molecule has 0 spiro atoms. The summed E-state index contributed by atoms with van der Waals surface area (Å²) >= 11 is 0. The molecule has 21 heavy (non-hydrogen) atoms. The molecule has 0 heterocycles. The van der Waals surface area contributed by atoms with E-state index in [2.05, 4.69) is 5.32 Å². The molecule has 0 aliphatic rings. The molecule has 2 aromatic carbocycles. The first kappa shape index (κ1) is 14.5. The van der Waals surface area contributed by atoms with Crippen molar-refractivity contribution in [2.24, 2.45) is 0 Å². The van der Waals surface area contributed by atoms with Gasteiger partial charge in [-0.1, -0.05) is 12.1 Å². The number of carbonyl (C=O) groups is 1. The normalized spacial score (nSPS) is 9.76. The van der Waals surface area contributed by atoms with E-state index in [1.165, 1.54) is 18.2 Å². The number of rotatable bonds is 4. The quantitative estimate of drug-likeness (QED) is 0.940. The van der Waals surface area contributed by atoms with Gasteiger partial charge in [0, 0.05) is 11.8 Å². The van der Waals surface area contributed by atoms with Crippen molar-refractivity contribution in [3.8, 4) is 11.8 Å². The first-order valence-electron chi connectivity index (χ1n) is 5.97. The Labute approximate surface area is 119 Å². The third-order valence-electron chi connectivity index (χ3n) is 2.59. The molecule has 0 aliphatic heterocycles. The maximum Gasteiger partial charge on any atom is 0.261 e. The van der Waals surface area contributed by atoms with Crippen molar-refractivity contribution in [1.29, 1.82) is 5.26 Å². The number of nitrogens with zero attached hydrogens (tertiary/aromatic N) is 1. The summed E-state index contributed by atoms with van der Waals surface area (Å²) in [5.74, 6) is -2.42. The summed E-state index contributed by atoms with van der Waals surface area (Å²) in [6.45, 7) is -0.140. The molecule has 0 fully saturated rings. The molecule has 2 rings (SSSR count). The summed E-state index contributed by atoms with van der Waals surface area (Å²) in [7, 11) is 0. The molecule has 4 nitrogen and oxygen atoms in total. The minimum atomic E-state index is -0.940. The van der Waals surface area contributed by atoms with Gasteiger partial charge < -0.3 is 10.1 Å². The summed E-state index contributed by atoms with van der Waals surface area (Å²) in [6.07, 6.45) is 0. The number of nitrogens with one attached hydrogen (secondary N) is 1. The summed E-state index contributed by atoms with van der Waals surface area (Å²) < 4.78 is 32.0. The van der Waals surface area contributed by atoms with Crippen LogP contribution in [0.3, 0.4) is 0 Å². The fraction of sp³-hybridized carbons (Fsp3) is 0.0667. The number of benzene rings is 2. The van der Waals surface area contributed by atoms with Crippen LogP contribution >= 0.6 is 0 Å². The highest BCUT2D eigenvalue weighted by Gasteiger charge is 2.17. The summed E-state index contributed by atoms with van der Waals surface area (Å²) in [5.41, 5.74) is -0.348. The molecule has 0 saturated heterocycles. The first-order valence-corrected chi connectivity index (χ1v) is 5.97. The molecule has 0 atom stereocenters. The fourth-order valence-electron chi connectivity index (χ4n) is 1.69. The van der Waals surface area contributed by atoms with Crippen molar-refractivity contribution in [2.45, 2.75) is 0 Å². The van der Waals surface area contributed by atoms with Gasteiger partial charge >= 0.3 is 0 Å². The van der Waals surface area contributed by atoms with Gasteiger partial charge in [0.1, 0.15) is 29.0 Å². The third kappa shape index (κ3) is 3.54. The van der Waals surface area contributed by atoms with Crippen LogP contribution in [0.15, 0.2) is 42.5 Å². The lowest BCUT2D eigenvalue weighted by atomic mass is 10.1. The molecule has 0 saturated carbocycles. The number of amides is 1. The van der Waals surface area contributed by atoms with Gasteiger partial charge in [0.25, 0.3) is 5.91 Å². The van der Waals surface area contributed by atoms with Crippen LogP contribution in [0.5, 0.6) is 5.75 Å². The van der Waals surface area contributed by atoms with Gasteiger partial charge in [-0.25, -0.2) is 8.78 Å². The summed E-state index contributed by atoms with van der Waals surface area (Å²) in [6, 6.07) is 11.2. The number of hydrogen-bond acceptors (Lipinski definition) is 3. The SMILES string of the molecule is N#CCOc1cccc(NC(=O)c2c(F)cccc2F)c1. The number of ether oxygens (including phenoxy) is 1. The standard InChI is InChI=1S/C15H10F2N2O2/c16-12-5-2-6-13(17)14(12)15(20)19-10-3-1-4-11(9-10)21-8-7-18/h1-6,9H,8H2,(H,19,20). The van der Waals surface area contributed by atoms with Crippen molar-refractivity contribution in [2.75, 3.05) is 11.9 Å². The van der Waals surface area contributed by atoms with Gasteiger partial charge in [-0.05, 0) is 24.3 Å². The van der Waals surface area contributed by atoms with Crippen molar-refractivity contribution in [3.63, 3.8) is 0 Å². The Morgan fingerprint density at radius 1 is 1.19 bits per heavy atom. The van der Waals surface area contributed by atoms with Crippen molar-refractivity contribution >= 4 is 11.6 Å². The van der Waals surface area contributed by atoms with E-state index >= 15 is 0 Å². The predicted octanol–water partition coefficient (Wildman–Crippen LogP) is 3.12. The average molecular weight is 288 g/mol. The minimum Gasteiger partial charge on any atom is -0.479 e. The van der Waals surface area contributed by atoms with Crippen LogP contribution in [0.25, 0.3) is 0 Å². The van der Waals surface area contributed by atoms with Crippen LogP contribution in [0.2, 0.25) is 0 Å². The minimum absolute atomic E-state index is 0.140. The van der Waals surface area contributed by atoms with Gasteiger partial charge in [0.2, 0.25) is 0 Å². The maximum atomic E-state index is 13.5. The Balaban J connectivity index is 2.18. The van der Waals surface area contributed by atoms with Crippen LogP contribution < -0.4 is 10.1 Å². The largest absolute Gasteiger partial charge is 0.479 e. The highest BCUT2D eigenvalue weighted by atomic mass is 19.1. The van der Waals surface area contributed by atoms with Crippen LogP contribution in [-0.2, 0) is 0 Å². The van der Waals surface area contributed by atoms with Crippen molar-refractivity contribution < 1.29 is 18.3 Å². The first-order chi connectivity index (χ1) is 10.1. The van der Waals surface area contributed by atoms with Crippen LogP contribution in [-0.4, -0.2) is 12.5 Å². The Bertz CT molecular complexity index is 691. The average Bonchev–Trinajstić information content (AvgIpc) is 2.45. The van der Waals surface area contributed by atoms with E-state index in [0.717, 1.165) is 12.1 Å². The molecule has 0 bridgehead atoms. The van der Waals surface area contributed by atoms with Crippen LogP contribution in [0.1, 0.15) is 10.4 Å². The van der Waals surface area contributed by atoms with Crippen molar-refractivity contribution in [1.82, 2.24) is 0 Å². The molecule has 1 amide bonds. The lowest BCUT2D eigenvalue weighted by Crippen LogP contribution is -2.15. The van der Waals surface area contributed by atoms with Gasteiger partial charge in [-0.15, -0.1) is 0 Å². The number of halogens is 2. The topological polar surface area (TPSA) is 62.1 Å². The van der Waals surface area contributed by atoms with Crippen LogP contribution in [0.4, 0.5) is 14.5 Å². The number of carbonyl (C=O) groups excluding carboxylic acids is 1. The second-order valence-electron chi connectivity index (χ2n) is 4.03. The Kier molecular flexibility index (Phi) is 4.46. The van der Waals surface area contributed by atoms with Crippen molar-refractivity contribution in [3.05, 3.63) is 59.7 Å². The molecular weight excluding hydrogens is 278 g/mol. The monoisotopic (exact) mass is 288 g/mol. The maximum absolute atomic E-state index is 13.5. The molecule has 106 valence electrons. The second-order valence-corrected chi connectivity index (χ2v) is 4.03. The van der Waals surface area contributed by atoms with E-state index in [1.54, 1.807) is 12.1 Å². The van der Waals surface area contributed by atoms with Gasteiger partial charge in [-0.2, -0.15) is 5.26 Å². The van der Waals surface area contributed by atoms with E-state index in [0.29, 0.717) is 11.4 Å². The number of anilines is 1. The number of hydrogen-bond donors (Lipinski definition) is 1. The molecular formula is C15H10F2N2O2. The lowest BCUT2D eigenvalue weighted by molar-refractivity contribution is 0.101. The van der Waals surface area contributed by atoms with E-state index in [1.807, 2.05) is 6.07 Å². The molecule has 0 radical (unpaired) electrons. The molecule has 0 aromatic heterocycles. The number of nitriles is 1. The van der Waals surface area contributed by atoms with Gasteiger partial charge in [0.15, 0.2) is 6.61 Å². The van der Waals surface area contributed by atoms with E-state index in [9.17, 15) is 13.6 Å². The lowest BCUT2D eigenvalue weighted by Gasteiger charge is -2.08. The molecule has 6 heteroatoms. The third-order valence-corrected chi connectivity index (χ3v) is 2.59. The highest BCUT2D eigenvalue weighted by molar-refractivity contribution is 6.04. The Morgan fingerprint density at radius 3 is 2.52 bits per heavy atom. The zero-order valence-electron chi connectivity index (χ0n) is 10.8. The summed E-state index contributed by atoms with van der Waals surface area (Å²) in [4.78, 5) is 11.9. The van der Waals surface area contributed by atoms with E-state index in [-0.39, 0.29) is 6.61 Å².